The minimum atomic E-state index is 0.830. The summed E-state index contributed by atoms with van der Waals surface area (Å²) in [4.78, 5) is 10.1. The molecule has 2 aliphatic heterocycles. The zero-order chi connectivity index (χ0) is 21.8. The Morgan fingerprint density at radius 3 is 2.53 bits per heavy atom. The summed E-state index contributed by atoms with van der Waals surface area (Å²) in [5, 5.41) is 8.44. The van der Waals surface area contributed by atoms with Crippen molar-refractivity contribution in [1.29, 1.82) is 0 Å². The van der Waals surface area contributed by atoms with E-state index in [2.05, 4.69) is 44.4 Å². The Kier molecular flexibility index (Phi) is 6.69. The predicted molar refractivity (Wildman–Crippen MR) is 131 cm³/mol. The van der Waals surface area contributed by atoms with Crippen LogP contribution in [0.25, 0.3) is 16.9 Å². The molecule has 2 aliphatic rings. The lowest BCUT2D eigenvalue weighted by molar-refractivity contribution is 0.0925. The Labute approximate surface area is 191 Å². The molecule has 0 atom stereocenters. The molecule has 2 saturated heterocycles. The summed E-state index contributed by atoms with van der Waals surface area (Å²) in [7, 11) is 0. The molecule has 2 aromatic heterocycles. The van der Waals surface area contributed by atoms with Gasteiger partial charge in [0.15, 0.2) is 5.65 Å². The molecule has 6 heteroatoms. The molecule has 4 heterocycles. The van der Waals surface area contributed by atoms with Crippen molar-refractivity contribution in [2.24, 2.45) is 0 Å². The average Bonchev–Trinajstić information content (AvgIpc) is 3.27. The summed E-state index contributed by atoms with van der Waals surface area (Å²) in [6, 6.07) is 15.3. The van der Waals surface area contributed by atoms with Crippen LogP contribution in [-0.4, -0.2) is 69.7 Å². The van der Waals surface area contributed by atoms with Crippen LogP contribution in [0.3, 0.4) is 0 Å². The van der Waals surface area contributed by atoms with Gasteiger partial charge in [-0.05, 0) is 71.8 Å². The van der Waals surface area contributed by atoms with Crippen LogP contribution in [0.4, 0.5) is 5.82 Å². The minimum absolute atomic E-state index is 0.830. The lowest BCUT2D eigenvalue weighted by Gasteiger charge is -2.40. The summed E-state index contributed by atoms with van der Waals surface area (Å²) in [6.45, 7) is 9.32. The number of hydrogen-bond acceptors (Lipinski definition) is 5. The minimum Gasteiger partial charge on any atom is -0.370 e. The molecule has 3 aromatic rings. The lowest BCUT2D eigenvalue weighted by atomic mass is 10.00. The van der Waals surface area contributed by atoms with Crippen LogP contribution in [0.1, 0.15) is 44.2 Å². The highest BCUT2D eigenvalue weighted by Crippen LogP contribution is 2.23. The topological polar surface area (TPSA) is 48.7 Å². The summed E-state index contributed by atoms with van der Waals surface area (Å²) in [5.41, 5.74) is 3.99. The third-order valence-corrected chi connectivity index (χ3v) is 7.05. The number of rotatable bonds is 7. The number of aryl methyl sites for hydroxylation is 1. The first-order chi connectivity index (χ1) is 15.8. The van der Waals surface area contributed by atoms with E-state index < -0.39 is 0 Å². The van der Waals surface area contributed by atoms with Crippen molar-refractivity contribution in [2.45, 2.75) is 51.5 Å². The van der Waals surface area contributed by atoms with E-state index in [-0.39, 0.29) is 0 Å². The predicted octanol–water partition coefficient (Wildman–Crippen LogP) is 4.46. The highest BCUT2D eigenvalue weighted by Gasteiger charge is 2.25. The Morgan fingerprint density at radius 1 is 0.969 bits per heavy atom. The molecule has 5 rings (SSSR count). The van der Waals surface area contributed by atoms with Crippen molar-refractivity contribution in [2.75, 3.05) is 44.6 Å². The smallest absolute Gasteiger partial charge is 0.158 e. The van der Waals surface area contributed by atoms with Crippen molar-refractivity contribution >= 4 is 11.5 Å². The Hall–Kier alpha value is -2.44. The normalized spacial score (nSPS) is 18.9. The lowest BCUT2D eigenvalue weighted by Crippen LogP contribution is -2.46. The van der Waals surface area contributed by atoms with E-state index in [0.29, 0.717) is 0 Å². The van der Waals surface area contributed by atoms with Gasteiger partial charge in [-0.15, -0.1) is 0 Å². The molecule has 170 valence electrons. The molecule has 6 nitrogen and oxygen atoms in total. The van der Waals surface area contributed by atoms with Crippen molar-refractivity contribution in [3.05, 3.63) is 48.2 Å². The van der Waals surface area contributed by atoms with Crippen LogP contribution in [0.15, 0.2) is 42.5 Å². The number of fused-ring (bicyclic) bond motifs is 1. The monoisotopic (exact) mass is 432 g/mol. The van der Waals surface area contributed by atoms with Crippen molar-refractivity contribution in [3.63, 3.8) is 0 Å². The number of benzene rings is 1. The Bertz CT molecular complexity index is 1000. The van der Waals surface area contributed by atoms with E-state index in [0.717, 1.165) is 47.4 Å². The van der Waals surface area contributed by atoms with Gasteiger partial charge in [-0.2, -0.15) is 9.61 Å². The molecular formula is C26H36N6. The second-order valence-corrected chi connectivity index (χ2v) is 9.40. The van der Waals surface area contributed by atoms with E-state index in [1.807, 2.05) is 29.6 Å². The van der Waals surface area contributed by atoms with Crippen LogP contribution < -0.4 is 5.32 Å². The summed E-state index contributed by atoms with van der Waals surface area (Å²) >= 11 is 0. The fourth-order valence-corrected chi connectivity index (χ4v) is 5.29. The van der Waals surface area contributed by atoms with Crippen molar-refractivity contribution < 1.29 is 0 Å². The van der Waals surface area contributed by atoms with E-state index in [1.165, 1.54) is 64.8 Å². The molecule has 1 aromatic carbocycles. The average molecular weight is 433 g/mol. The van der Waals surface area contributed by atoms with E-state index >= 15 is 0 Å². The molecule has 0 bridgehead atoms. The highest BCUT2D eigenvalue weighted by molar-refractivity contribution is 5.65. The molecule has 0 saturated carbocycles. The second kappa shape index (κ2) is 10.0. The van der Waals surface area contributed by atoms with Gasteiger partial charge in [0, 0.05) is 36.0 Å². The van der Waals surface area contributed by atoms with Crippen molar-refractivity contribution in [3.8, 4) is 11.3 Å². The summed E-state index contributed by atoms with van der Waals surface area (Å²) < 4.78 is 1.94. The van der Waals surface area contributed by atoms with Crippen LogP contribution in [0.5, 0.6) is 0 Å². The maximum absolute atomic E-state index is 4.82. The van der Waals surface area contributed by atoms with Gasteiger partial charge in [-0.3, -0.25) is 0 Å². The number of piperidine rings is 2. The molecule has 0 unspecified atom stereocenters. The van der Waals surface area contributed by atoms with Crippen LogP contribution in [-0.2, 0) is 0 Å². The number of anilines is 1. The second-order valence-electron chi connectivity index (χ2n) is 9.40. The molecule has 1 N–H and O–H groups in total. The molecular weight excluding hydrogens is 396 g/mol. The van der Waals surface area contributed by atoms with Crippen LogP contribution >= 0.6 is 0 Å². The third kappa shape index (κ3) is 4.97. The highest BCUT2D eigenvalue weighted by atomic mass is 15.3. The standard InChI is InChI=1S/C26H36N6/c1-21-19-25(32-26(28-21)20-24(29-32)22-9-4-2-5-10-22)27-13-8-14-30-17-11-23(12-18-30)31-15-6-3-7-16-31/h2,4-5,9-10,19-20,23,27H,3,6-8,11-18H2,1H3. The molecule has 0 radical (unpaired) electrons. The fourth-order valence-electron chi connectivity index (χ4n) is 5.29. The van der Waals surface area contributed by atoms with Gasteiger partial charge < -0.3 is 15.1 Å². The quantitative estimate of drug-likeness (QED) is 0.559. The fraction of sp³-hybridized carbons (Fsp3) is 0.538. The number of nitrogens with zero attached hydrogens (tertiary/aromatic N) is 5. The summed E-state index contributed by atoms with van der Waals surface area (Å²) in [5.74, 6) is 1.03. The number of likely N-dealkylation sites (tertiary alicyclic amines) is 2. The maximum Gasteiger partial charge on any atom is 0.158 e. The van der Waals surface area contributed by atoms with E-state index in [9.17, 15) is 0 Å². The van der Waals surface area contributed by atoms with E-state index in [4.69, 9.17) is 5.10 Å². The molecule has 0 spiro atoms. The van der Waals surface area contributed by atoms with Gasteiger partial charge in [0.1, 0.15) is 5.82 Å². The molecule has 32 heavy (non-hydrogen) atoms. The third-order valence-electron chi connectivity index (χ3n) is 7.05. The van der Waals surface area contributed by atoms with Crippen molar-refractivity contribution in [1.82, 2.24) is 24.4 Å². The number of hydrogen-bond donors (Lipinski definition) is 1. The van der Waals surface area contributed by atoms with Gasteiger partial charge >= 0.3 is 0 Å². The Morgan fingerprint density at radius 2 is 1.75 bits per heavy atom. The van der Waals surface area contributed by atoms with Gasteiger partial charge in [-0.1, -0.05) is 36.8 Å². The first-order valence-electron chi connectivity index (χ1n) is 12.4. The zero-order valence-corrected chi connectivity index (χ0v) is 19.3. The largest absolute Gasteiger partial charge is 0.370 e. The molecule has 0 amide bonds. The number of nitrogens with one attached hydrogen (secondary N) is 1. The van der Waals surface area contributed by atoms with Crippen LogP contribution in [0, 0.1) is 6.92 Å². The SMILES string of the molecule is Cc1cc(NCCCN2CCC(N3CCCCC3)CC2)n2nc(-c3ccccc3)cc2n1. The van der Waals surface area contributed by atoms with E-state index in [1.54, 1.807) is 0 Å². The number of aromatic nitrogens is 3. The van der Waals surface area contributed by atoms with Gasteiger partial charge in [0.25, 0.3) is 0 Å². The molecule has 2 fully saturated rings. The van der Waals surface area contributed by atoms with Gasteiger partial charge in [-0.25, -0.2) is 4.98 Å². The molecule has 0 aliphatic carbocycles. The van der Waals surface area contributed by atoms with Gasteiger partial charge in [0.05, 0.1) is 5.69 Å². The summed E-state index contributed by atoms with van der Waals surface area (Å²) in [6.07, 6.45) is 8.05. The first-order valence-corrected chi connectivity index (χ1v) is 12.4. The Balaban J connectivity index is 1.13. The van der Waals surface area contributed by atoms with Crippen LogP contribution in [0.2, 0.25) is 0 Å². The maximum atomic E-state index is 4.82. The van der Waals surface area contributed by atoms with Gasteiger partial charge in [0.2, 0.25) is 0 Å². The zero-order valence-electron chi connectivity index (χ0n) is 19.3. The first kappa shape index (κ1) is 21.4.